The highest BCUT2D eigenvalue weighted by atomic mass is 16.5. The lowest BCUT2D eigenvalue weighted by Gasteiger charge is -2.22. The molecule has 0 aliphatic carbocycles. The zero-order chi connectivity index (χ0) is 12.8. The van der Waals surface area contributed by atoms with Crippen LogP contribution >= 0.6 is 0 Å². The number of nitrogens with two attached hydrogens (primary N) is 1. The van der Waals surface area contributed by atoms with Gasteiger partial charge in [0.15, 0.2) is 0 Å². The number of nitrogen functional groups attached to an aromatic ring is 1. The van der Waals surface area contributed by atoms with Crippen LogP contribution in [0.2, 0.25) is 0 Å². The van der Waals surface area contributed by atoms with E-state index in [1.165, 1.54) is 6.42 Å². The molecule has 0 amide bonds. The summed E-state index contributed by atoms with van der Waals surface area (Å²) in [6.07, 6.45) is 5.42. The third kappa shape index (κ3) is 3.84. The molecule has 0 bridgehead atoms. The maximum atomic E-state index is 5.74. The molecule has 0 spiro atoms. The van der Waals surface area contributed by atoms with Crippen molar-refractivity contribution in [3.63, 3.8) is 0 Å². The van der Waals surface area contributed by atoms with Crippen molar-refractivity contribution in [2.45, 2.75) is 45.1 Å². The average Bonchev–Trinajstić information content (AvgIpc) is 2.37. The molecular formula is C13H21N3O2. The second-order valence-corrected chi connectivity index (χ2v) is 4.60. The van der Waals surface area contributed by atoms with Crippen LogP contribution in [0.1, 0.15) is 38.4 Å². The lowest BCUT2D eigenvalue weighted by molar-refractivity contribution is -0.0120. The Bertz CT molecular complexity index is 378. The minimum atomic E-state index is 0.185. The van der Waals surface area contributed by atoms with Crippen molar-refractivity contribution < 1.29 is 9.47 Å². The van der Waals surface area contributed by atoms with Crippen molar-refractivity contribution in [2.24, 2.45) is 0 Å². The van der Waals surface area contributed by atoms with Crippen molar-refractivity contribution in [3.8, 4) is 5.88 Å². The highest BCUT2D eigenvalue weighted by Crippen LogP contribution is 2.16. The van der Waals surface area contributed by atoms with Crippen LogP contribution in [0.3, 0.4) is 0 Å². The van der Waals surface area contributed by atoms with E-state index in [-0.39, 0.29) is 6.10 Å². The first-order valence-electron chi connectivity index (χ1n) is 6.65. The van der Waals surface area contributed by atoms with E-state index in [1.807, 2.05) is 0 Å². The van der Waals surface area contributed by atoms with E-state index >= 15 is 0 Å². The number of rotatable bonds is 5. The van der Waals surface area contributed by atoms with Crippen LogP contribution in [-0.4, -0.2) is 29.3 Å². The van der Waals surface area contributed by atoms with Gasteiger partial charge in [-0.15, -0.1) is 0 Å². The van der Waals surface area contributed by atoms with Crippen LogP contribution in [0.25, 0.3) is 0 Å². The Labute approximate surface area is 108 Å². The molecule has 1 aliphatic rings. The Morgan fingerprint density at radius 2 is 2.33 bits per heavy atom. The number of anilines is 1. The SMILES string of the molecule is CCCc1nc(N)cc(OCC2CCCCO2)n1. The number of nitrogens with zero attached hydrogens (tertiary/aromatic N) is 2. The summed E-state index contributed by atoms with van der Waals surface area (Å²) in [7, 11) is 0. The van der Waals surface area contributed by atoms with Gasteiger partial charge in [-0.1, -0.05) is 6.92 Å². The monoisotopic (exact) mass is 251 g/mol. The fraction of sp³-hybridized carbons (Fsp3) is 0.692. The van der Waals surface area contributed by atoms with Crippen molar-refractivity contribution in [1.82, 2.24) is 9.97 Å². The van der Waals surface area contributed by atoms with Gasteiger partial charge in [-0.05, 0) is 25.7 Å². The molecule has 18 heavy (non-hydrogen) atoms. The van der Waals surface area contributed by atoms with Crippen LogP contribution in [0, 0.1) is 0 Å². The number of aryl methyl sites for hydroxylation is 1. The maximum absolute atomic E-state index is 5.74. The summed E-state index contributed by atoms with van der Waals surface area (Å²) in [5.41, 5.74) is 5.74. The molecule has 1 saturated heterocycles. The zero-order valence-corrected chi connectivity index (χ0v) is 10.9. The Balaban J connectivity index is 1.91. The van der Waals surface area contributed by atoms with Gasteiger partial charge in [-0.25, -0.2) is 4.98 Å². The third-order valence-corrected chi connectivity index (χ3v) is 2.93. The van der Waals surface area contributed by atoms with Crippen molar-refractivity contribution in [1.29, 1.82) is 0 Å². The number of hydrogen-bond acceptors (Lipinski definition) is 5. The molecule has 1 aliphatic heterocycles. The summed E-state index contributed by atoms with van der Waals surface area (Å²) in [6.45, 7) is 3.46. The largest absolute Gasteiger partial charge is 0.475 e. The predicted octanol–water partition coefficient (Wildman–Crippen LogP) is 1.96. The van der Waals surface area contributed by atoms with Crippen molar-refractivity contribution in [3.05, 3.63) is 11.9 Å². The van der Waals surface area contributed by atoms with Gasteiger partial charge in [0.1, 0.15) is 18.2 Å². The van der Waals surface area contributed by atoms with E-state index in [4.69, 9.17) is 15.2 Å². The molecule has 5 nitrogen and oxygen atoms in total. The summed E-state index contributed by atoms with van der Waals surface area (Å²) in [5.74, 6) is 1.77. The van der Waals surface area contributed by atoms with Gasteiger partial charge >= 0.3 is 0 Å². The molecule has 2 N–H and O–H groups in total. The van der Waals surface area contributed by atoms with E-state index in [9.17, 15) is 0 Å². The molecule has 1 unspecified atom stereocenters. The molecule has 0 radical (unpaired) electrons. The highest BCUT2D eigenvalue weighted by Gasteiger charge is 2.15. The molecule has 2 rings (SSSR count). The summed E-state index contributed by atoms with van der Waals surface area (Å²) in [5, 5.41) is 0. The molecule has 1 atom stereocenters. The first-order chi connectivity index (χ1) is 8.78. The Hall–Kier alpha value is -1.36. The van der Waals surface area contributed by atoms with Crippen LogP contribution < -0.4 is 10.5 Å². The topological polar surface area (TPSA) is 70.3 Å². The zero-order valence-electron chi connectivity index (χ0n) is 10.9. The fourth-order valence-corrected chi connectivity index (χ4v) is 2.02. The number of aromatic nitrogens is 2. The number of ether oxygens (including phenoxy) is 2. The van der Waals surface area contributed by atoms with Crippen LogP contribution in [0.4, 0.5) is 5.82 Å². The lowest BCUT2D eigenvalue weighted by atomic mass is 10.1. The van der Waals surface area contributed by atoms with Gasteiger partial charge < -0.3 is 15.2 Å². The standard InChI is InChI=1S/C13H21N3O2/c1-2-5-12-15-11(14)8-13(16-12)18-9-10-6-3-4-7-17-10/h8,10H,2-7,9H2,1H3,(H2,14,15,16). The summed E-state index contributed by atoms with van der Waals surface area (Å²) in [4.78, 5) is 8.51. The average molecular weight is 251 g/mol. The van der Waals surface area contributed by atoms with Gasteiger partial charge in [-0.3, -0.25) is 0 Å². The van der Waals surface area contributed by atoms with E-state index < -0.39 is 0 Å². The Morgan fingerprint density at radius 3 is 3.06 bits per heavy atom. The van der Waals surface area contributed by atoms with Gasteiger partial charge in [0.2, 0.25) is 5.88 Å². The van der Waals surface area contributed by atoms with Crippen molar-refractivity contribution >= 4 is 5.82 Å². The molecule has 0 aromatic carbocycles. The molecule has 2 heterocycles. The van der Waals surface area contributed by atoms with Crippen LogP contribution in [0.15, 0.2) is 6.07 Å². The minimum absolute atomic E-state index is 0.185. The van der Waals surface area contributed by atoms with Gasteiger partial charge in [0.05, 0.1) is 6.10 Å². The van der Waals surface area contributed by atoms with Crippen LogP contribution in [-0.2, 0) is 11.2 Å². The molecule has 1 aromatic rings. The van der Waals surface area contributed by atoms with E-state index in [1.54, 1.807) is 6.07 Å². The number of hydrogen-bond donors (Lipinski definition) is 1. The quantitative estimate of drug-likeness (QED) is 0.866. The second kappa shape index (κ2) is 6.54. The van der Waals surface area contributed by atoms with Crippen LogP contribution in [0.5, 0.6) is 5.88 Å². The molecule has 100 valence electrons. The van der Waals surface area contributed by atoms with E-state index in [0.717, 1.165) is 38.1 Å². The minimum Gasteiger partial charge on any atom is -0.475 e. The third-order valence-electron chi connectivity index (χ3n) is 2.93. The van der Waals surface area contributed by atoms with Gasteiger partial charge in [-0.2, -0.15) is 4.98 Å². The molecule has 1 aromatic heterocycles. The fourth-order valence-electron chi connectivity index (χ4n) is 2.02. The Kier molecular flexibility index (Phi) is 4.75. The lowest BCUT2D eigenvalue weighted by Crippen LogP contribution is -2.26. The first-order valence-corrected chi connectivity index (χ1v) is 6.65. The Morgan fingerprint density at radius 1 is 1.44 bits per heavy atom. The van der Waals surface area contributed by atoms with Gasteiger partial charge in [0, 0.05) is 19.1 Å². The highest BCUT2D eigenvalue weighted by molar-refractivity contribution is 5.32. The molecule has 0 saturated carbocycles. The predicted molar refractivity (Wildman–Crippen MR) is 69.5 cm³/mol. The maximum Gasteiger partial charge on any atom is 0.218 e. The molecular weight excluding hydrogens is 230 g/mol. The van der Waals surface area contributed by atoms with E-state index in [2.05, 4.69) is 16.9 Å². The summed E-state index contributed by atoms with van der Waals surface area (Å²) >= 11 is 0. The molecule has 5 heteroatoms. The smallest absolute Gasteiger partial charge is 0.218 e. The molecule has 1 fully saturated rings. The van der Waals surface area contributed by atoms with E-state index in [0.29, 0.717) is 18.3 Å². The normalized spacial score (nSPS) is 19.7. The second-order valence-electron chi connectivity index (χ2n) is 4.60. The van der Waals surface area contributed by atoms with Gasteiger partial charge in [0.25, 0.3) is 0 Å². The van der Waals surface area contributed by atoms with Crippen molar-refractivity contribution in [2.75, 3.05) is 18.9 Å². The summed E-state index contributed by atoms with van der Waals surface area (Å²) < 4.78 is 11.3. The summed E-state index contributed by atoms with van der Waals surface area (Å²) in [6, 6.07) is 1.67. The first kappa shape index (κ1) is 13.1.